The highest BCUT2D eigenvalue weighted by Gasteiger charge is 2.24. The van der Waals surface area contributed by atoms with E-state index in [0.29, 0.717) is 56.9 Å². The van der Waals surface area contributed by atoms with Gasteiger partial charge in [0, 0.05) is 72.4 Å². The van der Waals surface area contributed by atoms with Crippen molar-refractivity contribution < 1.29 is 32.6 Å². The molecule has 0 unspecified atom stereocenters. The molecule has 0 fully saturated rings. The summed E-state index contributed by atoms with van der Waals surface area (Å²) in [4.78, 5) is 61.2. The number of anilines is 2. The fourth-order valence-electron chi connectivity index (χ4n) is 6.70. The Balaban J connectivity index is 1.40. The smallest absolute Gasteiger partial charge is 0.407 e. The average molecular weight is 845 g/mol. The number of hydrogen-bond donors (Lipinski definition) is 3. The maximum atomic E-state index is 14.8. The minimum Gasteiger partial charge on any atom is -0.481 e. The molecule has 3 N–H and O–H groups in total. The molecule has 0 aliphatic rings. The number of carboxylic acids is 1. The number of rotatable bonds is 12. The van der Waals surface area contributed by atoms with Crippen LogP contribution < -0.4 is 22.0 Å². The molecule has 0 saturated carbocycles. The second kappa shape index (κ2) is 16.3. The van der Waals surface area contributed by atoms with Crippen molar-refractivity contribution in [2.24, 2.45) is 7.05 Å². The van der Waals surface area contributed by atoms with Crippen LogP contribution in [-0.2, 0) is 36.2 Å². The summed E-state index contributed by atoms with van der Waals surface area (Å²) in [7, 11) is 1.70. The van der Waals surface area contributed by atoms with Crippen LogP contribution >= 0.6 is 11.6 Å². The van der Waals surface area contributed by atoms with E-state index >= 15 is 0 Å². The van der Waals surface area contributed by atoms with E-state index in [2.05, 4.69) is 30.8 Å². The van der Waals surface area contributed by atoms with Gasteiger partial charge in [-0.2, -0.15) is 15.2 Å². The fraction of sp³-hybridized carbons (Fsp3) is 0.250. The van der Waals surface area contributed by atoms with E-state index in [1.54, 1.807) is 73.8 Å². The number of ether oxygens (including phenoxy) is 1. The first-order valence-electron chi connectivity index (χ1n) is 18.3. The summed E-state index contributed by atoms with van der Waals surface area (Å²) in [5.74, 6) is -6.11. The SMILES string of the molecule is Cn1cc2c(-c3cnn(CCCC(=O)O)c3)c(Nc3nc(=O)n(-c4cncc5cccc(CNC(=O)OC(C)(C)C)c45)c(=O)n3Cc3cc(F)c(F)c(F)c3)c(Cl)cc2n1. The predicted octanol–water partition coefficient (Wildman–Crippen LogP) is 6.44. The Hall–Kier alpha value is -7.02. The number of carbonyl (C=O) groups is 2. The molecule has 1 amide bonds. The number of aromatic nitrogens is 8. The number of aliphatic carboxylic acids is 1. The van der Waals surface area contributed by atoms with Gasteiger partial charge in [-0.1, -0.05) is 29.8 Å². The van der Waals surface area contributed by atoms with E-state index in [-0.39, 0.29) is 41.5 Å². The van der Waals surface area contributed by atoms with Crippen LogP contribution in [0.4, 0.5) is 29.6 Å². The van der Waals surface area contributed by atoms with Gasteiger partial charge < -0.3 is 20.5 Å². The van der Waals surface area contributed by atoms with Crippen LogP contribution in [0.25, 0.3) is 38.5 Å². The number of pyridine rings is 1. The van der Waals surface area contributed by atoms with Crippen LogP contribution in [0.3, 0.4) is 0 Å². The van der Waals surface area contributed by atoms with E-state index in [1.807, 2.05) is 0 Å². The molecule has 16 nitrogen and oxygen atoms in total. The van der Waals surface area contributed by atoms with Crippen molar-refractivity contribution in [1.82, 2.24) is 44.0 Å². The largest absolute Gasteiger partial charge is 0.481 e. The van der Waals surface area contributed by atoms with Gasteiger partial charge in [0.1, 0.15) is 5.60 Å². The molecule has 4 heterocycles. The zero-order chi connectivity index (χ0) is 43.0. The molecular weight excluding hydrogens is 809 g/mol. The summed E-state index contributed by atoms with van der Waals surface area (Å²) >= 11 is 6.90. The number of fused-ring (bicyclic) bond motifs is 2. The third-order valence-corrected chi connectivity index (χ3v) is 9.48. The molecule has 4 aromatic heterocycles. The number of aryl methyl sites for hydroxylation is 2. The van der Waals surface area contributed by atoms with E-state index in [9.17, 15) is 32.3 Å². The van der Waals surface area contributed by atoms with Gasteiger partial charge in [0.2, 0.25) is 5.95 Å². The van der Waals surface area contributed by atoms with Crippen molar-refractivity contribution in [3.8, 4) is 16.8 Å². The first-order chi connectivity index (χ1) is 28.5. The van der Waals surface area contributed by atoms with Crippen molar-refractivity contribution in [2.75, 3.05) is 5.32 Å². The summed E-state index contributed by atoms with van der Waals surface area (Å²) in [5, 5.41) is 25.1. The Morgan fingerprint density at radius 2 is 1.77 bits per heavy atom. The Morgan fingerprint density at radius 1 is 1.02 bits per heavy atom. The fourth-order valence-corrected chi connectivity index (χ4v) is 6.95. The summed E-state index contributed by atoms with van der Waals surface area (Å²) in [6.07, 6.45) is 7.16. The minimum absolute atomic E-state index is 0.0285. The maximum absolute atomic E-state index is 14.8. The summed E-state index contributed by atoms with van der Waals surface area (Å²) < 4.78 is 53.4. The Morgan fingerprint density at radius 3 is 2.48 bits per heavy atom. The minimum atomic E-state index is -1.72. The van der Waals surface area contributed by atoms with Gasteiger partial charge in [-0.3, -0.25) is 23.7 Å². The van der Waals surface area contributed by atoms with Crippen LogP contribution in [0.5, 0.6) is 0 Å². The van der Waals surface area contributed by atoms with Crippen molar-refractivity contribution in [3.63, 3.8) is 0 Å². The monoisotopic (exact) mass is 844 g/mol. The molecule has 310 valence electrons. The topological polar surface area (TPSA) is 193 Å². The molecule has 0 bridgehead atoms. The molecule has 3 aromatic carbocycles. The first-order valence-corrected chi connectivity index (χ1v) is 18.7. The third-order valence-electron chi connectivity index (χ3n) is 9.18. The van der Waals surface area contributed by atoms with Gasteiger partial charge in [-0.15, -0.1) is 0 Å². The van der Waals surface area contributed by atoms with Gasteiger partial charge in [0.25, 0.3) is 0 Å². The number of halogens is 4. The number of alkyl carbamates (subject to hydrolysis) is 1. The average Bonchev–Trinajstić information content (AvgIpc) is 3.79. The lowest BCUT2D eigenvalue weighted by Crippen LogP contribution is -2.42. The van der Waals surface area contributed by atoms with E-state index in [4.69, 9.17) is 21.4 Å². The lowest BCUT2D eigenvalue weighted by atomic mass is 10.0. The number of benzene rings is 3. The molecule has 0 spiro atoms. The van der Waals surface area contributed by atoms with Crippen molar-refractivity contribution >= 4 is 57.0 Å². The van der Waals surface area contributed by atoms with E-state index < -0.39 is 59.0 Å². The molecular formula is C40H36ClF3N10O6. The molecule has 60 heavy (non-hydrogen) atoms. The van der Waals surface area contributed by atoms with Gasteiger partial charge in [0.15, 0.2) is 17.5 Å². The molecule has 0 radical (unpaired) electrons. The Bertz CT molecular complexity index is 2930. The third kappa shape index (κ3) is 8.56. The molecule has 0 aliphatic carbocycles. The Kier molecular flexibility index (Phi) is 11.2. The van der Waals surface area contributed by atoms with Gasteiger partial charge in [-0.25, -0.2) is 32.1 Å². The quantitative estimate of drug-likeness (QED) is 0.115. The number of nitrogens with one attached hydrogen (secondary N) is 2. The second-order valence-electron chi connectivity index (χ2n) is 14.8. The van der Waals surface area contributed by atoms with Gasteiger partial charge in [0.05, 0.1) is 40.9 Å². The molecule has 7 aromatic rings. The maximum Gasteiger partial charge on any atom is 0.407 e. The predicted molar refractivity (Wildman–Crippen MR) is 215 cm³/mol. The second-order valence-corrected chi connectivity index (χ2v) is 15.2. The first kappa shape index (κ1) is 41.2. The molecule has 0 saturated heterocycles. The van der Waals surface area contributed by atoms with Crippen molar-refractivity contribution in [2.45, 2.75) is 58.8 Å². The number of nitrogens with zero attached hydrogens (tertiary/aromatic N) is 8. The highest BCUT2D eigenvalue weighted by molar-refractivity contribution is 6.35. The summed E-state index contributed by atoms with van der Waals surface area (Å²) in [6.45, 7) is 4.69. The zero-order valence-electron chi connectivity index (χ0n) is 32.5. The number of carbonyl (C=O) groups excluding carboxylic acids is 1. The van der Waals surface area contributed by atoms with Gasteiger partial charge >= 0.3 is 23.4 Å². The molecule has 20 heteroatoms. The lowest BCUT2D eigenvalue weighted by molar-refractivity contribution is -0.137. The van der Waals surface area contributed by atoms with Crippen LogP contribution in [-0.4, -0.2) is 61.4 Å². The summed E-state index contributed by atoms with van der Waals surface area (Å²) in [6, 6.07) is 8.03. The number of carboxylic acid groups (broad SMARTS) is 1. The van der Waals surface area contributed by atoms with Crippen LogP contribution in [0, 0.1) is 17.5 Å². The van der Waals surface area contributed by atoms with Crippen molar-refractivity contribution in [3.05, 3.63) is 122 Å². The highest BCUT2D eigenvalue weighted by Crippen LogP contribution is 2.41. The van der Waals surface area contributed by atoms with E-state index in [1.165, 1.54) is 18.6 Å². The zero-order valence-corrected chi connectivity index (χ0v) is 33.2. The van der Waals surface area contributed by atoms with Crippen LogP contribution in [0.1, 0.15) is 44.7 Å². The Labute approximate surface area is 342 Å². The molecule has 0 aliphatic heterocycles. The van der Waals surface area contributed by atoms with Crippen LogP contribution in [0.15, 0.2) is 77.0 Å². The van der Waals surface area contributed by atoms with E-state index in [0.717, 1.165) is 9.13 Å². The van der Waals surface area contributed by atoms with Crippen molar-refractivity contribution in [1.29, 1.82) is 0 Å². The van der Waals surface area contributed by atoms with Crippen LogP contribution in [0.2, 0.25) is 5.02 Å². The number of amides is 1. The highest BCUT2D eigenvalue weighted by atomic mass is 35.5. The standard InChI is InChI=1S/C40H36ClF3N10O6/c1-40(2,3)60-38(58)46-15-23-8-5-7-22-14-45-17-30(32(22)23)54-37(57)49-36(53(39(54)59)18-21-11-27(42)34(44)28(43)12-21)48-35-26(41)13-29-25(20-51(4)50-29)33(35)24-16-47-52(19-24)10-6-9-31(55)56/h5,7-8,11-14,16-17,19-20H,6,9-10,15,18H2,1-4H3,(H,46,58)(H,55,56)(H,48,49,57). The summed E-state index contributed by atoms with van der Waals surface area (Å²) in [5.41, 5.74) is -1.15. The van der Waals surface area contributed by atoms with Gasteiger partial charge in [-0.05, 0) is 56.5 Å². The lowest BCUT2D eigenvalue weighted by Gasteiger charge is -2.20. The number of hydrogen-bond acceptors (Lipinski definition) is 10. The molecule has 7 rings (SSSR count). The normalized spacial score (nSPS) is 11.7. The molecule has 0 atom stereocenters.